The van der Waals surface area contributed by atoms with Crippen LogP contribution in [0.5, 0.6) is 0 Å². The van der Waals surface area contributed by atoms with Gasteiger partial charge < -0.3 is 11.2 Å². The lowest BCUT2D eigenvalue weighted by Gasteiger charge is -2.14. The Bertz CT molecular complexity index is 942. The number of benzene rings is 2. The lowest BCUT2D eigenvalue weighted by Crippen LogP contribution is -2.28. The summed E-state index contributed by atoms with van der Waals surface area (Å²) in [6.45, 7) is 3.93. The molecule has 1 heterocycles. The summed E-state index contributed by atoms with van der Waals surface area (Å²) in [5.74, 6) is 6.72. The fraction of sp³-hybridized carbons (Fsp3) is 0.211. The molecule has 0 saturated carbocycles. The molecule has 3 aromatic rings. The maximum atomic E-state index is 12.2. The van der Waals surface area contributed by atoms with E-state index in [-0.39, 0.29) is 17.7 Å². The Morgan fingerprint density at radius 2 is 2.00 bits per heavy atom. The van der Waals surface area contributed by atoms with Crippen LogP contribution in [0.3, 0.4) is 0 Å². The highest BCUT2D eigenvalue weighted by atomic mass is 35.5. The van der Waals surface area contributed by atoms with Crippen molar-refractivity contribution in [3.05, 3.63) is 64.7 Å². The monoisotopic (exact) mass is 401 g/mol. The van der Waals surface area contributed by atoms with Crippen molar-refractivity contribution in [3.63, 3.8) is 0 Å². The van der Waals surface area contributed by atoms with E-state index in [1.54, 1.807) is 6.07 Å². The topological polar surface area (TPSA) is 85.8 Å². The Labute approximate surface area is 167 Å². The summed E-state index contributed by atoms with van der Waals surface area (Å²) >= 11 is 7.24. The zero-order valence-corrected chi connectivity index (χ0v) is 16.6. The van der Waals surface area contributed by atoms with Crippen LogP contribution >= 0.6 is 23.4 Å². The molecule has 27 heavy (non-hydrogen) atoms. The van der Waals surface area contributed by atoms with Gasteiger partial charge in [0, 0.05) is 10.6 Å². The smallest absolute Gasteiger partial charge is 0.230 e. The van der Waals surface area contributed by atoms with Gasteiger partial charge in [-0.2, -0.15) is 0 Å². The van der Waals surface area contributed by atoms with Crippen LogP contribution in [0.1, 0.15) is 24.1 Å². The van der Waals surface area contributed by atoms with Crippen molar-refractivity contribution in [2.24, 2.45) is 0 Å². The van der Waals surface area contributed by atoms with Gasteiger partial charge >= 0.3 is 0 Å². The second-order valence-electron chi connectivity index (χ2n) is 6.18. The third-order valence-electron chi connectivity index (χ3n) is 4.03. The average molecular weight is 402 g/mol. The number of nitrogens with one attached hydrogen (secondary N) is 1. The first kappa shape index (κ1) is 19.3. The summed E-state index contributed by atoms with van der Waals surface area (Å²) in [5, 5.41) is 12.3. The summed E-state index contributed by atoms with van der Waals surface area (Å²) in [4.78, 5) is 12.2. The van der Waals surface area contributed by atoms with Crippen LogP contribution in [0.15, 0.2) is 53.7 Å². The highest BCUT2D eigenvalue weighted by Gasteiger charge is 2.15. The number of hydrogen-bond donors (Lipinski definition) is 2. The van der Waals surface area contributed by atoms with Crippen LogP contribution in [-0.2, 0) is 4.79 Å². The second kappa shape index (κ2) is 8.45. The molecule has 0 unspecified atom stereocenters. The van der Waals surface area contributed by atoms with Crippen LogP contribution in [0.4, 0.5) is 0 Å². The van der Waals surface area contributed by atoms with Crippen molar-refractivity contribution >= 4 is 29.3 Å². The first-order chi connectivity index (χ1) is 12.9. The van der Waals surface area contributed by atoms with Gasteiger partial charge in [0.25, 0.3) is 0 Å². The van der Waals surface area contributed by atoms with E-state index >= 15 is 0 Å². The van der Waals surface area contributed by atoms with Crippen LogP contribution in [0, 0.1) is 6.92 Å². The van der Waals surface area contributed by atoms with Crippen molar-refractivity contribution in [3.8, 4) is 11.4 Å². The molecule has 0 spiro atoms. The molecule has 0 aliphatic heterocycles. The van der Waals surface area contributed by atoms with Crippen molar-refractivity contribution in [1.82, 2.24) is 20.2 Å². The molecule has 3 N–H and O–H groups in total. The van der Waals surface area contributed by atoms with Crippen molar-refractivity contribution in [2.45, 2.75) is 25.0 Å². The van der Waals surface area contributed by atoms with Crippen LogP contribution in [-0.4, -0.2) is 26.5 Å². The van der Waals surface area contributed by atoms with Gasteiger partial charge in [-0.05, 0) is 31.5 Å². The van der Waals surface area contributed by atoms with Gasteiger partial charge in [0.15, 0.2) is 5.82 Å². The number of nitrogens with zero attached hydrogens (tertiary/aromatic N) is 3. The number of amides is 1. The minimum atomic E-state index is -0.143. The third-order valence-corrected chi connectivity index (χ3v) is 5.21. The van der Waals surface area contributed by atoms with Gasteiger partial charge in [0.1, 0.15) is 0 Å². The maximum Gasteiger partial charge on any atom is 0.230 e. The number of halogens is 1. The molecule has 1 aromatic heterocycles. The SMILES string of the molecule is Cc1ccc(-c2nnc(SCC(=O)N[C@@H](C)c3cccc(Cl)c3)n2N)cc1. The lowest BCUT2D eigenvalue weighted by atomic mass is 10.1. The predicted molar refractivity (Wildman–Crippen MR) is 109 cm³/mol. The molecule has 0 aliphatic carbocycles. The van der Waals surface area contributed by atoms with Gasteiger partial charge in [-0.25, -0.2) is 4.68 Å². The van der Waals surface area contributed by atoms with E-state index < -0.39 is 0 Å². The molecule has 8 heteroatoms. The molecule has 2 aromatic carbocycles. The highest BCUT2D eigenvalue weighted by molar-refractivity contribution is 7.99. The molecule has 140 valence electrons. The van der Waals surface area contributed by atoms with Crippen LogP contribution < -0.4 is 11.2 Å². The number of nitrogen functional groups attached to an aromatic ring is 1. The van der Waals surface area contributed by atoms with E-state index in [1.165, 1.54) is 16.4 Å². The summed E-state index contributed by atoms with van der Waals surface area (Å²) < 4.78 is 1.41. The molecule has 1 atom stereocenters. The molecular formula is C19H20ClN5OS. The lowest BCUT2D eigenvalue weighted by molar-refractivity contribution is -0.119. The van der Waals surface area contributed by atoms with E-state index in [2.05, 4.69) is 15.5 Å². The molecule has 0 saturated heterocycles. The molecule has 0 fully saturated rings. The fourth-order valence-electron chi connectivity index (χ4n) is 2.55. The Kier molecular flexibility index (Phi) is 6.03. The minimum Gasteiger partial charge on any atom is -0.349 e. The number of carbonyl (C=O) groups is 1. The zero-order chi connectivity index (χ0) is 19.4. The molecule has 6 nitrogen and oxygen atoms in total. The van der Waals surface area contributed by atoms with Crippen molar-refractivity contribution in [1.29, 1.82) is 0 Å². The van der Waals surface area contributed by atoms with E-state index in [9.17, 15) is 4.79 Å². The second-order valence-corrected chi connectivity index (χ2v) is 7.55. The maximum absolute atomic E-state index is 12.2. The van der Waals surface area contributed by atoms with Crippen LogP contribution in [0.25, 0.3) is 11.4 Å². The molecule has 0 bridgehead atoms. The number of aryl methyl sites for hydroxylation is 1. The largest absolute Gasteiger partial charge is 0.349 e. The number of hydrogen-bond acceptors (Lipinski definition) is 5. The molecule has 1 amide bonds. The first-order valence-electron chi connectivity index (χ1n) is 8.39. The van der Waals surface area contributed by atoms with E-state index in [1.807, 2.05) is 56.3 Å². The highest BCUT2D eigenvalue weighted by Crippen LogP contribution is 2.22. The Morgan fingerprint density at radius 1 is 1.26 bits per heavy atom. The van der Waals surface area contributed by atoms with Crippen molar-refractivity contribution < 1.29 is 4.79 Å². The predicted octanol–water partition coefficient (Wildman–Crippen LogP) is 3.59. The quantitative estimate of drug-likeness (QED) is 0.487. The summed E-state index contributed by atoms with van der Waals surface area (Å²) in [7, 11) is 0. The summed E-state index contributed by atoms with van der Waals surface area (Å²) in [6, 6.07) is 15.1. The van der Waals surface area contributed by atoms with E-state index in [0.29, 0.717) is 16.0 Å². The van der Waals surface area contributed by atoms with Gasteiger partial charge in [-0.1, -0.05) is 65.3 Å². The molecule has 3 rings (SSSR count). The third kappa shape index (κ3) is 4.81. The standard InChI is InChI=1S/C19H20ClN5OS/c1-12-6-8-14(9-7-12)18-23-24-19(25(18)21)27-11-17(26)22-13(2)15-4-3-5-16(20)10-15/h3-10,13H,11,21H2,1-2H3,(H,22,26)/t13-/m0/s1. The normalized spacial score (nSPS) is 12.0. The number of aromatic nitrogens is 3. The van der Waals surface area contributed by atoms with Gasteiger partial charge in [0.05, 0.1) is 11.8 Å². The summed E-state index contributed by atoms with van der Waals surface area (Å²) in [5.41, 5.74) is 2.98. The Morgan fingerprint density at radius 3 is 2.70 bits per heavy atom. The fourth-order valence-corrected chi connectivity index (χ4v) is 3.41. The van der Waals surface area contributed by atoms with Crippen molar-refractivity contribution in [2.75, 3.05) is 11.6 Å². The minimum absolute atomic E-state index is 0.118. The number of rotatable bonds is 6. The van der Waals surface area contributed by atoms with E-state index in [4.69, 9.17) is 17.4 Å². The zero-order valence-electron chi connectivity index (χ0n) is 15.0. The van der Waals surface area contributed by atoms with Gasteiger partial charge in [-0.15, -0.1) is 10.2 Å². The van der Waals surface area contributed by atoms with Gasteiger partial charge in [0.2, 0.25) is 11.1 Å². The molecule has 0 aliphatic rings. The summed E-state index contributed by atoms with van der Waals surface area (Å²) in [6.07, 6.45) is 0. The average Bonchev–Trinajstić information content (AvgIpc) is 3.01. The first-order valence-corrected chi connectivity index (χ1v) is 9.75. The molecular weight excluding hydrogens is 382 g/mol. The van der Waals surface area contributed by atoms with Gasteiger partial charge in [-0.3, -0.25) is 4.79 Å². The Balaban J connectivity index is 1.60. The van der Waals surface area contributed by atoms with E-state index in [0.717, 1.165) is 16.7 Å². The Hall–Kier alpha value is -2.51. The number of nitrogens with two attached hydrogens (primary N) is 1. The molecule has 0 radical (unpaired) electrons. The van der Waals surface area contributed by atoms with Crippen LogP contribution in [0.2, 0.25) is 5.02 Å². The number of thioether (sulfide) groups is 1. The number of carbonyl (C=O) groups excluding carboxylic acids is 1.